The second-order valence-electron chi connectivity index (χ2n) is 3.17. The minimum atomic E-state index is 0.376. The van der Waals surface area contributed by atoms with Crippen LogP contribution in [-0.2, 0) is 0 Å². The van der Waals surface area contributed by atoms with Crippen molar-refractivity contribution in [3.63, 3.8) is 0 Å². The van der Waals surface area contributed by atoms with Gasteiger partial charge in [-0.15, -0.1) is 0 Å². The summed E-state index contributed by atoms with van der Waals surface area (Å²) < 4.78 is 1.10. The molecule has 0 aromatic heterocycles. The molecule has 0 heterocycles. The zero-order valence-electron chi connectivity index (χ0n) is 8.00. The molecule has 0 radical (unpaired) electrons. The Morgan fingerprint density at radius 3 is 2.38 bits per heavy atom. The second kappa shape index (κ2) is 4.63. The molecule has 2 N–H and O–H groups in total. The van der Waals surface area contributed by atoms with Crippen LogP contribution in [0.15, 0.2) is 28.7 Å². The number of rotatable bonds is 3. The van der Waals surface area contributed by atoms with E-state index in [0.29, 0.717) is 12.6 Å². The molecule has 0 aliphatic rings. The maximum atomic E-state index is 5.59. The lowest BCUT2D eigenvalue weighted by Crippen LogP contribution is -2.35. The number of likely N-dealkylation sites (N-methyl/N-ethyl adjacent to an activating group) is 1. The van der Waals surface area contributed by atoms with Crippen LogP contribution >= 0.6 is 15.9 Å². The zero-order chi connectivity index (χ0) is 9.84. The summed E-state index contributed by atoms with van der Waals surface area (Å²) in [6.45, 7) is 2.79. The van der Waals surface area contributed by atoms with E-state index < -0.39 is 0 Å². The molecule has 0 saturated heterocycles. The Bertz CT molecular complexity index is 258. The van der Waals surface area contributed by atoms with Crippen molar-refractivity contribution in [3.8, 4) is 0 Å². The van der Waals surface area contributed by atoms with Crippen molar-refractivity contribution >= 4 is 21.6 Å². The first-order valence-electron chi connectivity index (χ1n) is 4.33. The van der Waals surface area contributed by atoms with Gasteiger partial charge in [-0.25, -0.2) is 0 Å². The molecular weight excluding hydrogens is 228 g/mol. The van der Waals surface area contributed by atoms with Gasteiger partial charge in [-0.3, -0.25) is 0 Å². The molecule has 1 atom stereocenters. The summed E-state index contributed by atoms with van der Waals surface area (Å²) in [6, 6.07) is 8.61. The first kappa shape index (κ1) is 10.5. The molecule has 2 nitrogen and oxygen atoms in total. The number of hydrogen-bond acceptors (Lipinski definition) is 2. The van der Waals surface area contributed by atoms with Crippen molar-refractivity contribution < 1.29 is 0 Å². The predicted octanol–water partition coefficient (Wildman–Crippen LogP) is 2.23. The molecule has 0 fully saturated rings. The van der Waals surface area contributed by atoms with E-state index in [1.165, 1.54) is 5.69 Å². The molecule has 1 unspecified atom stereocenters. The lowest BCUT2D eigenvalue weighted by Gasteiger charge is -2.25. The molecule has 1 aromatic rings. The quantitative estimate of drug-likeness (QED) is 0.882. The maximum absolute atomic E-state index is 5.59. The van der Waals surface area contributed by atoms with Gasteiger partial charge in [0.05, 0.1) is 0 Å². The van der Waals surface area contributed by atoms with Crippen molar-refractivity contribution in [2.24, 2.45) is 5.73 Å². The third-order valence-corrected chi connectivity index (χ3v) is 2.76. The van der Waals surface area contributed by atoms with E-state index in [1.54, 1.807) is 0 Å². The SMILES string of the molecule is CC(CN)N(C)c1ccc(Br)cc1. The molecule has 72 valence electrons. The van der Waals surface area contributed by atoms with E-state index in [0.717, 1.165) is 4.47 Å². The highest BCUT2D eigenvalue weighted by Crippen LogP contribution is 2.18. The van der Waals surface area contributed by atoms with Crippen LogP contribution in [0.1, 0.15) is 6.92 Å². The van der Waals surface area contributed by atoms with Gasteiger partial charge in [-0.05, 0) is 31.2 Å². The lowest BCUT2D eigenvalue weighted by atomic mass is 10.2. The molecule has 0 amide bonds. The Morgan fingerprint density at radius 2 is 1.92 bits per heavy atom. The summed E-state index contributed by atoms with van der Waals surface area (Å²) in [5, 5.41) is 0. The highest BCUT2D eigenvalue weighted by molar-refractivity contribution is 9.10. The number of anilines is 1. The number of halogens is 1. The van der Waals surface area contributed by atoms with Gasteiger partial charge < -0.3 is 10.6 Å². The van der Waals surface area contributed by atoms with Gasteiger partial charge in [0.1, 0.15) is 0 Å². The minimum Gasteiger partial charge on any atom is -0.371 e. The van der Waals surface area contributed by atoms with Gasteiger partial charge >= 0.3 is 0 Å². The largest absolute Gasteiger partial charge is 0.371 e. The van der Waals surface area contributed by atoms with E-state index in [1.807, 2.05) is 12.1 Å². The van der Waals surface area contributed by atoms with Crippen LogP contribution in [0.2, 0.25) is 0 Å². The van der Waals surface area contributed by atoms with Crippen LogP contribution in [0.4, 0.5) is 5.69 Å². The molecule has 0 bridgehead atoms. The Labute approximate surface area is 87.9 Å². The standard InChI is InChI=1S/C10H15BrN2/c1-8(7-12)13(2)10-5-3-9(11)4-6-10/h3-6,8H,7,12H2,1-2H3. The summed E-state index contributed by atoms with van der Waals surface area (Å²) in [5.41, 5.74) is 6.78. The van der Waals surface area contributed by atoms with Gasteiger partial charge in [0, 0.05) is 29.8 Å². The first-order valence-corrected chi connectivity index (χ1v) is 5.13. The Balaban J connectivity index is 2.77. The fourth-order valence-electron chi connectivity index (χ4n) is 1.09. The average Bonchev–Trinajstić information content (AvgIpc) is 2.17. The molecule has 0 aliphatic heterocycles. The molecular formula is C10H15BrN2. The summed E-state index contributed by atoms with van der Waals surface area (Å²) in [5.74, 6) is 0. The van der Waals surface area contributed by atoms with Crippen molar-refractivity contribution in [3.05, 3.63) is 28.7 Å². The zero-order valence-corrected chi connectivity index (χ0v) is 9.58. The van der Waals surface area contributed by atoms with Crippen LogP contribution in [0.25, 0.3) is 0 Å². The summed E-state index contributed by atoms with van der Waals surface area (Å²) in [4.78, 5) is 2.17. The van der Waals surface area contributed by atoms with E-state index >= 15 is 0 Å². The van der Waals surface area contributed by atoms with E-state index in [2.05, 4.69) is 46.9 Å². The Morgan fingerprint density at radius 1 is 1.38 bits per heavy atom. The number of hydrogen-bond donors (Lipinski definition) is 1. The average molecular weight is 243 g/mol. The van der Waals surface area contributed by atoms with E-state index in [9.17, 15) is 0 Å². The maximum Gasteiger partial charge on any atom is 0.0380 e. The molecule has 1 aromatic carbocycles. The first-order chi connectivity index (χ1) is 6.15. The number of nitrogens with two attached hydrogens (primary N) is 1. The monoisotopic (exact) mass is 242 g/mol. The number of benzene rings is 1. The van der Waals surface area contributed by atoms with Gasteiger partial charge in [0.2, 0.25) is 0 Å². The highest BCUT2D eigenvalue weighted by Gasteiger charge is 2.06. The summed E-state index contributed by atoms with van der Waals surface area (Å²) in [7, 11) is 2.06. The van der Waals surface area contributed by atoms with Gasteiger partial charge in [-0.2, -0.15) is 0 Å². The topological polar surface area (TPSA) is 29.3 Å². The van der Waals surface area contributed by atoms with E-state index in [4.69, 9.17) is 5.73 Å². The second-order valence-corrected chi connectivity index (χ2v) is 4.09. The third kappa shape index (κ3) is 2.71. The highest BCUT2D eigenvalue weighted by atomic mass is 79.9. The molecule has 13 heavy (non-hydrogen) atoms. The van der Waals surface area contributed by atoms with E-state index in [-0.39, 0.29) is 0 Å². The van der Waals surface area contributed by atoms with Gasteiger partial charge in [-0.1, -0.05) is 15.9 Å². The number of nitrogens with zero attached hydrogens (tertiary/aromatic N) is 1. The lowest BCUT2D eigenvalue weighted by molar-refractivity contribution is 0.695. The molecule has 1 rings (SSSR count). The van der Waals surface area contributed by atoms with Gasteiger partial charge in [0.15, 0.2) is 0 Å². The molecule has 0 aliphatic carbocycles. The normalized spacial score (nSPS) is 12.6. The van der Waals surface area contributed by atoms with Crippen LogP contribution < -0.4 is 10.6 Å². The molecule has 3 heteroatoms. The summed E-state index contributed by atoms with van der Waals surface area (Å²) >= 11 is 3.41. The fraction of sp³-hybridized carbons (Fsp3) is 0.400. The van der Waals surface area contributed by atoms with Crippen LogP contribution in [0.5, 0.6) is 0 Å². The fourth-order valence-corrected chi connectivity index (χ4v) is 1.35. The third-order valence-electron chi connectivity index (χ3n) is 2.24. The van der Waals surface area contributed by atoms with Crippen molar-refractivity contribution in [1.29, 1.82) is 0 Å². The van der Waals surface area contributed by atoms with Gasteiger partial charge in [0.25, 0.3) is 0 Å². The van der Waals surface area contributed by atoms with Crippen LogP contribution in [0, 0.1) is 0 Å². The van der Waals surface area contributed by atoms with Crippen LogP contribution in [-0.4, -0.2) is 19.6 Å². The van der Waals surface area contributed by atoms with Crippen molar-refractivity contribution in [2.45, 2.75) is 13.0 Å². The minimum absolute atomic E-state index is 0.376. The van der Waals surface area contributed by atoms with Crippen molar-refractivity contribution in [2.75, 3.05) is 18.5 Å². The molecule has 0 spiro atoms. The van der Waals surface area contributed by atoms with Crippen molar-refractivity contribution in [1.82, 2.24) is 0 Å². The Hall–Kier alpha value is -0.540. The smallest absolute Gasteiger partial charge is 0.0380 e. The molecule has 0 saturated carbocycles. The predicted molar refractivity (Wildman–Crippen MR) is 61.1 cm³/mol. The summed E-state index contributed by atoms with van der Waals surface area (Å²) in [6.07, 6.45) is 0. The Kier molecular flexibility index (Phi) is 3.75. The van der Waals surface area contributed by atoms with Crippen LogP contribution in [0.3, 0.4) is 0 Å².